The van der Waals surface area contributed by atoms with E-state index in [1.165, 1.54) is 12.3 Å². The lowest BCUT2D eigenvalue weighted by atomic mass is 10.1. The second-order valence-corrected chi connectivity index (χ2v) is 6.52. The van der Waals surface area contributed by atoms with Gasteiger partial charge in [0.05, 0.1) is 5.56 Å². The van der Waals surface area contributed by atoms with Gasteiger partial charge in [0.25, 0.3) is 11.9 Å². The number of hydrogen-bond acceptors (Lipinski definition) is 8. The highest BCUT2D eigenvalue weighted by Crippen LogP contribution is 2.38. The number of methoxy groups -OCH3 is 1. The number of anilines is 1. The van der Waals surface area contributed by atoms with Crippen LogP contribution in [0.25, 0.3) is 0 Å². The zero-order valence-corrected chi connectivity index (χ0v) is 17.5. The summed E-state index contributed by atoms with van der Waals surface area (Å²) in [6.07, 6.45) is 1.21. The van der Waals surface area contributed by atoms with Gasteiger partial charge in [-0.25, -0.2) is 19.4 Å². The third-order valence-corrected chi connectivity index (χ3v) is 4.15. The van der Waals surface area contributed by atoms with E-state index < -0.39 is 42.0 Å². The zero-order chi connectivity index (χ0) is 23.9. The van der Waals surface area contributed by atoms with Crippen molar-refractivity contribution in [2.75, 3.05) is 25.6 Å². The number of carbonyl (C=O) groups is 1. The van der Waals surface area contributed by atoms with Gasteiger partial charge in [-0.3, -0.25) is 4.79 Å². The minimum Gasteiger partial charge on any atom is -0.459 e. The number of amidine groups is 1. The Morgan fingerprint density at radius 2 is 2.16 bits per heavy atom. The maximum atomic E-state index is 14.1. The number of halogens is 3. The zero-order valence-electron chi connectivity index (χ0n) is 17.5. The summed E-state index contributed by atoms with van der Waals surface area (Å²) in [6, 6.07) is 2.85. The van der Waals surface area contributed by atoms with Crippen LogP contribution in [0.3, 0.4) is 0 Å². The highest BCUT2D eigenvalue weighted by Gasteiger charge is 2.47. The minimum absolute atomic E-state index is 0.00494. The summed E-state index contributed by atoms with van der Waals surface area (Å²) in [7, 11) is 1.68. The van der Waals surface area contributed by atoms with E-state index >= 15 is 0 Å². The third-order valence-electron chi connectivity index (χ3n) is 4.15. The number of ether oxygens (including phenoxy) is 2. The van der Waals surface area contributed by atoms with Gasteiger partial charge in [-0.1, -0.05) is 0 Å². The lowest BCUT2D eigenvalue weighted by Crippen LogP contribution is -2.40. The first-order valence-electron chi connectivity index (χ1n) is 9.30. The molecule has 0 radical (unpaired) electrons. The normalized spacial score (nSPS) is 16.5. The van der Waals surface area contributed by atoms with Gasteiger partial charge in [0.2, 0.25) is 0 Å². The summed E-state index contributed by atoms with van der Waals surface area (Å²) < 4.78 is 51.3. The van der Waals surface area contributed by atoms with E-state index in [0.29, 0.717) is 5.56 Å². The second kappa shape index (κ2) is 10.5. The fraction of sp³-hybridized carbons (Fsp3) is 0.350. The number of amides is 1. The van der Waals surface area contributed by atoms with Crippen molar-refractivity contribution in [3.8, 4) is 6.07 Å². The average molecular weight is 450 g/mol. The van der Waals surface area contributed by atoms with E-state index in [1.807, 2.05) is 13.0 Å². The van der Waals surface area contributed by atoms with Crippen molar-refractivity contribution < 1.29 is 27.4 Å². The molecule has 170 valence electrons. The molecule has 0 bridgehead atoms. The summed E-state index contributed by atoms with van der Waals surface area (Å²) >= 11 is 0. The molecule has 1 aliphatic rings. The summed E-state index contributed by atoms with van der Waals surface area (Å²) in [6.45, 7) is 3.28. The molecule has 0 aliphatic carbocycles. The predicted molar refractivity (Wildman–Crippen MR) is 109 cm³/mol. The molecular weight excluding hydrogens is 429 g/mol. The quantitative estimate of drug-likeness (QED) is 0.731. The first-order valence-corrected chi connectivity index (χ1v) is 9.30. The van der Waals surface area contributed by atoms with Crippen LogP contribution in [-0.4, -0.2) is 48.1 Å². The van der Waals surface area contributed by atoms with Gasteiger partial charge in [0.1, 0.15) is 29.1 Å². The molecule has 0 saturated heterocycles. The molecule has 2 aromatic heterocycles. The van der Waals surface area contributed by atoms with Crippen LogP contribution in [-0.2, 0) is 9.47 Å². The van der Waals surface area contributed by atoms with Crippen LogP contribution >= 0.6 is 0 Å². The number of nitrogens with zero attached hydrogens (tertiary/aromatic N) is 4. The number of hydrogen-bond donors (Lipinski definition) is 2. The smallest absolute Gasteiger partial charge is 0.309 e. The van der Waals surface area contributed by atoms with E-state index in [1.54, 1.807) is 14.0 Å². The molecule has 3 rings (SSSR count). The highest BCUT2D eigenvalue weighted by molar-refractivity contribution is 6.03. The van der Waals surface area contributed by atoms with Gasteiger partial charge < -0.3 is 20.5 Å². The number of pyridine rings is 2. The van der Waals surface area contributed by atoms with Gasteiger partial charge in [-0.05, 0) is 37.6 Å². The van der Waals surface area contributed by atoms with Gasteiger partial charge in [-0.15, -0.1) is 0 Å². The van der Waals surface area contributed by atoms with Crippen LogP contribution in [0.1, 0.15) is 40.3 Å². The lowest BCUT2D eigenvalue weighted by molar-refractivity contribution is -0.0798. The van der Waals surface area contributed by atoms with E-state index in [0.717, 1.165) is 18.7 Å². The maximum Gasteiger partial charge on any atom is 0.309 e. The monoisotopic (exact) mass is 450 g/mol. The number of carbonyl (C=O) groups excluding carboxylic acids is 1. The van der Waals surface area contributed by atoms with Crippen molar-refractivity contribution in [2.45, 2.75) is 25.8 Å². The molecule has 12 heteroatoms. The van der Waals surface area contributed by atoms with Crippen LogP contribution in [0, 0.1) is 24.1 Å². The lowest BCUT2D eigenvalue weighted by Gasteiger charge is -2.28. The molecular formula is C20H21F3N6O3. The summed E-state index contributed by atoms with van der Waals surface area (Å²) in [4.78, 5) is 23.5. The van der Waals surface area contributed by atoms with Crippen LogP contribution < -0.4 is 11.1 Å². The van der Waals surface area contributed by atoms with E-state index in [-0.39, 0.29) is 17.1 Å². The van der Waals surface area contributed by atoms with Crippen LogP contribution in [0.2, 0.25) is 0 Å². The number of aryl methyl sites for hydroxylation is 1. The number of nitriles is 1. The fourth-order valence-corrected chi connectivity index (χ4v) is 2.54. The molecule has 3 heterocycles. The SMILES string of the molecule is CCOC.Cc1cc(C#N)cnc1C(=O)Nc1ccc(F)c([C@@H]2N=C(N)OCC2(F)F)n1. The molecule has 1 aliphatic heterocycles. The Bertz CT molecular complexity index is 1050. The molecule has 3 N–H and O–H groups in total. The Morgan fingerprint density at radius 1 is 1.47 bits per heavy atom. The van der Waals surface area contributed by atoms with Crippen LogP contribution in [0.4, 0.5) is 19.0 Å². The van der Waals surface area contributed by atoms with Crippen molar-refractivity contribution >= 4 is 17.7 Å². The Morgan fingerprint density at radius 3 is 2.75 bits per heavy atom. The number of aromatic nitrogens is 2. The first-order chi connectivity index (χ1) is 15.1. The van der Waals surface area contributed by atoms with Crippen molar-refractivity contribution in [3.63, 3.8) is 0 Å². The Balaban J connectivity index is 0.000000837. The predicted octanol–water partition coefficient (Wildman–Crippen LogP) is 2.72. The molecule has 0 unspecified atom stereocenters. The first kappa shape index (κ1) is 24.5. The number of nitrogens with two attached hydrogens (primary N) is 1. The number of alkyl halides is 2. The largest absolute Gasteiger partial charge is 0.459 e. The molecule has 0 fully saturated rings. The van der Waals surface area contributed by atoms with Crippen LogP contribution in [0.15, 0.2) is 29.4 Å². The number of nitrogens with one attached hydrogen (secondary N) is 1. The molecule has 1 amide bonds. The van der Waals surface area contributed by atoms with Crippen LogP contribution in [0.5, 0.6) is 0 Å². The Kier molecular flexibility index (Phi) is 8.09. The topological polar surface area (TPSA) is 136 Å². The molecule has 32 heavy (non-hydrogen) atoms. The average Bonchev–Trinajstić information content (AvgIpc) is 2.76. The summed E-state index contributed by atoms with van der Waals surface area (Å²) in [5.41, 5.74) is 5.33. The number of rotatable bonds is 4. The Labute approximate surface area is 182 Å². The summed E-state index contributed by atoms with van der Waals surface area (Å²) in [5.74, 6) is -5.45. The van der Waals surface area contributed by atoms with E-state index in [4.69, 9.17) is 11.0 Å². The molecule has 0 saturated carbocycles. The molecule has 1 atom stereocenters. The standard InChI is InChI=1S/C17H13F3N6O2.C3H8O/c1-8-4-9(5-21)6-23-12(8)15(27)25-11-3-2-10(18)13(24-11)14-17(19,20)7-28-16(22)26-14;1-3-4-2/h2-4,6,14H,7H2,1H3,(H2,22,26)(H,24,25,27);3H2,1-2H3/t14-;/m0./s1. The van der Waals surface area contributed by atoms with Gasteiger partial charge in [0, 0.05) is 19.9 Å². The van der Waals surface area contributed by atoms with Gasteiger partial charge >= 0.3 is 5.92 Å². The highest BCUT2D eigenvalue weighted by atomic mass is 19.3. The second-order valence-electron chi connectivity index (χ2n) is 6.52. The van der Waals surface area contributed by atoms with E-state index in [2.05, 4.69) is 29.8 Å². The summed E-state index contributed by atoms with van der Waals surface area (Å²) in [5, 5.41) is 11.2. The molecule has 0 spiro atoms. The molecule has 9 nitrogen and oxygen atoms in total. The third kappa shape index (κ3) is 5.92. The maximum absolute atomic E-state index is 14.1. The molecule has 2 aromatic rings. The fourth-order valence-electron chi connectivity index (χ4n) is 2.54. The van der Waals surface area contributed by atoms with Gasteiger partial charge in [0.15, 0.2) is 12.6 Å². The van der Waals surface area contributed by atoms with E-state index in [9.17, 15) is 18.0 Å². The van der Waals surface area contributed by atoms with Crippen molar-refractivity contribution in [2.24, 2.45) is 10.7 Å². The Hall–Kier alpha value is -3.72. The van der Waals surface area contributed by atoms with Gasteiger partial charge in [-0.2, -0.15) is 14.0 Å². The minimum atomic E-state index is -3.54. The molecule has 0 aromatic carbocycles. The van der Waals surface area contributed by atoms with Crippen molar-refractivity contribution in [1.82, 2.24) is 9.97 Å². The van der Waals surface area contributed by atoms with Crippen molar-refractivity contribution in [1.29, 1.82) is 5.26 Å². The number of aliphatic imine (C=N–C) groups is 1. The van der Waals surface area contributed by atoms with Crippen molar-refractivity contribution in [3.05, 3.63) is 52.7 Å².